The van der Waals surface area contributed by atoms with Gasteiger partial charge in [0.2, 0.25) is 0 Å². The van der Waals surface area contributed by atoms with E-state index < -0.39 is 30.2 Å². The first-order chi connectivity index (χ1) is 9.30. The maximum atomic E-state index is 13.6. The molecule has 0 atom stereocenters. The van der Waals surface area contributed by atoms with Gasteiger partial charge < -0.3 is 4.90 Å². The molecule has 1 amide bonds. The number of aryl methyl sites for hydroxylation is 1. The van der Waals surface area contributed by atoms with Crippen molar-refractivity contribution in [1.29, 1.82) is 0 Å². The van der Waals surface area contributed by atoms with E-state index in [2.05, 4.69) is 0 Å². The van der Waals surface area contributed by atoms with Crippen molar-refractivity contribution in [3.8, 4) is 0 Å². The van der Waals surface area contributed by atoms with Crippen LogP contribution in [0.3, 0.4) is 0 Å². The second-order valence-electron chi connectivity index (χ2n) is 5.06. The van der Waals surface area contributed by atoms with Crippen molar-refractivity contribution in [2.45, 2.75) is 25.9 Å². The minimum absolute atomic E-state index is 0.0789. The predicted octanol–water partition coefficient (Wildman–Crippen LogP) is 3.41. The maximum Gasteiger partial charge on any atom is 0.389 e. The number of halogens is 4. The number of likely N-dealkylation sites (tertiary alicyclic amines) is 1. The van der Waals surface area contributed by atoms with E-state index in [1.165, 1.54) is 17.0 Å². The summed E-state index contributed by atoms with van der Waals surface area (Å²) in [4.78, 5) is 13.3. The summed E-state index contributed by atoms with van der Waals surface area (Å²) in [5, 5.41) is 0. The van der Waals surface area contributed by atoms with Crippen molar-refractivity contribution in [2.75, 3.05) is 13.1 Å². The Morgan fingerprint density at radius 3 is 2.50 bits per heavy atom. The quantitative estimate of drug-likeness (QED) is 0.781. The Bertz CT molecular complexity index is 506. The lowest BCUT2D eigenvalue weighted by atomic mass is 9.95. The molecule has 2 rings (SSSR count). The normalized spacial score (nSPS) is 16.1. The second kappa shape index (κ2) is 5.42. The Morgan fingerprint density at radius 2 is 2.00 bits per heavy atom. The zero-order valence-corrected chi connectivity index (χ0v) is 11.0. The fourth-order valence-corrected chi connectivity index (χ4v) is 2.34. The first-order valence-electron chi connectivity index (χ1n) is 6.44. The highest BCUT2D eigenvalue weighted by Gasteiger charge is 2.39. The van der Waals surface area contributed by atoms with Gasteiger partial charge in [-0.15, -0.1) is 0 Å². The smallest absolute Gasteiger partial charge is 0.338 e. The number of amides is 1. The van der Waals surface area contributed by atoms with Gasteiger partial charge in [0, 0.05) is 31.0 Å². The van der Waals surface area contributed by atoms with Crippen molar-refractivity contribution in [2.24, 2.45) is 5.92 Å². The second-order valence-corrected chi connectivity index (χ2v) is 5.06. The Hall–Kier alpha value is -1.59. The number of alkyl halides is 3. The van der Waals surface area contributed by atoms with Gasteiger partial charge in [0.25, 0.3) is 5.91 Å². The molecule has 1 aliphatic heterocycles. The van der Waals surface area contributed by atoms with Gasteiger partial charge >= 0.3 is 6.18 Å². The molecule has 6 heteroatoms. The summed E-state index contributed by atoms with van der Waals surface area (Å²) in [7, 11) is 0. The van der Waals surface area contributed by atoms with Gasteiger partial charge in [-0.1, -0.05) is 13.0 Å². The number of benzene rings is 1. The first kappa shape index (κ1) is 14.8. The highest BCUT2D eigenvalue weighted by atomic mass is 19.4. The van der Waals surface area contributed by atoms with Gasteiger partial charge in [0.1, 0.15) is 5.82 Å². The summed E-state index contributed by atoms with van der Waals surface area (Å²) < 4.78 is 50.1. The summed E-state index contributed by atoms with van der Waals surface area (Å²) >= 11 is 0. The lowest BCUT2D eigenvalue weighted by molar-refractivity contribution is -0.153. The Kier molecular flexibility index (Phi) is 4.01. The first-order valence-corrected chi connectivity index (χ1v) is 6.44. The van der Waals surface area contributed by atoms with Crippen LogP contribution in [0.2, 0.25) is 0 Å². The van der Waals surface area contributed by atoms with E-state index in [9.17, 15) is 22.4 Å². The summed E-state index contributed by atoms with van der Waals surface area (Å²) in [5.41, 5.74) is 0.699. The molecule has 2 nitrogen and oxygen atoms in total. The Labute approximate surface area is 114 Å². The molecule has 20 heavy (non-hydrogen) atoms. The van der Waals surface area contributed by atoms with Crippen LogP contribution in [0.4, 0.5) is 17.6 Å². The molecule has 0 aromatic heterocycles. The molecule has 1 saturated heterocycles. The number of hydrogen-bond donors (Lipinski definition) is 0. The molecule has 1 fully saturated rings. The fourth-order valence-electron chi connectivity index (χ4n) is 2.34. The van der Waals surface area contributed by atoms with Gasteiger partial charge in [-0.2, -0.15) is 13.2 Å². The lowest BCUT2D eigenvalue weighted by Gasteiger charge is -2.39. The SMILES string of the molecule is CCc1ccc(C(=O)N2CC(CC(F)(F)F)C2)cc1F. The molecule has 0 bridgehead atoms. The minimum Gasteiger partial charge on any atom is -0.338 e. The molecular weight excluding hydrogens is 274 g/mol. The Balaban J connectivity index is 1.95. The molecule has 1 heterocycles. The lowest BCUT2D eigenvalue weighted by Crippen LogP contribution is -2.51. The maximum absolute atomic E-state index is 13.6. The molecule has 0 radical (unpaired) electrons. The van der Waals surface area contributed by atoms with Crippen molar-refractivity contribution in [3.05, 3.63) is 35.1 Å². The molecule has 1 aromatic carbocycles. The molecule has 1 aromatic rings. The summed E-state index contributed by atoms with van der Waals surface area (Å²) in [6.07, 6.45) is -4.55. The average Bonchev–Trinajstić information content (AvgIpc) is 2.31. The van der Waals surface area contributed by atoms with Crippen molar-refractivity contribution in [1.82, 2.24) is 4.90 Å². The summed E-state index contributed by atoms with van der Waals surface area (Å²) in [6.45, 7) is 1.96. The third kappa shape index (κ3) is 3.29. The molecule has 110 valence electrons. The molecule has 0 N–H and O–H groups in total. The van der Waals surface area contributed by atoms with E-state index in [4.69, 9.17) is 0 Å². The van der Waals surface area contributed by atoms with E-state index in [1.807, 2.05) is 0 Å². The standard InChI is InChI=1S/C14H15F4NO/c1-2-10-3-4-11(5-12(10)15)13(20)19-7-9(8-19)6-14(16,17)18/h3-5,9H,2,6-8H2,1H3. The molecule has 0 spiro atoms. The number of rotatable bonds is 3. The van der Waals surface area contributed by atoms with Gasteiger partial charge in [-0.25, -0.2) is 4.39 Å². The van der Waals surface area contributed by atoms with Crippen LogP contribution in [0, 0.1) is 11.7 Å². The van der Waals surface area contributed by atoms with Crippen LogP contribution in [0.5, 0.6) is 0 Å². The van der Waals surface area contributed by atoms with Crippen molar-refractivity contribution < 1.29 is 22.4 Å². The third-order valence-electron chi connectivity index (χ3n) is 3.45. The largest absolute Gasteiger partial charge is 0.389 e. The number of hydrogen-bond acceptors (Lipinski definition) is 1. The third-order valence-corrected chi connectivity index (χ3v) is 3.45. The predicted molar refractivity (Wildman–Crippen MR) is 65.8 cm³/mol. The van der Waals surface area contributed by atoms with Gasteiger partial charge in [0.05, 0.1) is 0 Å². The fraction of sp³-hybridized carbons (Fsp3) is 0.500. The molecule has 0 saturated carbocycles. The van der Waals surface area contributed by atoms with Crippen molar-refractivity contribution in [3.63, 3.8) is 0 Å². The van der Waals surface area contributed by atoms with Crippen LogP contribution in [0.25, 0.3) is 0 Å². The van der Waals surface area contributed by atoms with Gasteiger partial charge in [-0.3, -0.25) is 4.79 Å². The van der Waals surface area contributed by atoms with E-state index in [-0.39, 0.29) is 18.7 Å². The molecule has 1 aliphatic rings. The molecular formula is C14H15F4NO. The topological polar surface area (TPSA) is 20.3 Å². The van der Waals surface area contributed by atoms with Crippen LogP contribution in [-0.4, -0.2) is 30.1 Å². The Morgan fingerprint density at radius 1 is 1.35 bits per heavy atom. The number of carbonyl (C=O) groups excluding carboxylic acids is 1. The summed E-state index contributed by atoms with van der Waals surface area (Å²) in [5.74, 6) is -1.41. The number of nitrogens with zero attached hydrogens (tertiary/aromatic N) is 1. The van der Waals surface area contributed by atoms with Crippen LogP contribution >= 0.6 is 0 Å². The minimum atomic E-state index is -4.20. The monoisotopic (exact) mass is 289 g/mol. The van der Waals surface area contributed by atoms with E-state index >= 15 is 0 Å². The van der Waals surface area contributed by atoms with Crippen LogP contribution < -0.4 is 0 Å². The van der Waals surface area contributed by atoms with E-state index in [0.29, 0.717) is 12.0 Å². The highest BCUT2D eigenvalue weighted by molar-refractivity contribution is 5.94. The molecule has 0 aliphatic carbocycles. The highest BCUT2D eigenvalue weighted by Crippen LogP contribution is 2.31. The van der Waals surface area contributed by atoms with Crippen molar-refractivity contribution >= 4 is 5.91 Å². The van der Waals surface area contributed by atoms with E-state index in [0.717, 1.165) is 6.07 Å². The van der Waals surface area contributed by atoms with Gasteiger partial charge in [-0.05, 0) is 24.1 Å². The van der Waals surface area contributed by atoms with Gasteiger partial charge in [0.15, 0.2) is 0 Å². The van der Waals surface area contributed by atoms with Crippen LogP contribution in [0.15, 0.2) is 18.2 Å². The summed E-state index contributed by atoms with van der Waals surface area (Å²) in [6, 6.07) is 4.20. The zero-order chi connectivity index (χ0) is 14.9. The zero-order valence-electron chi connectivity index (χ0n) is 11.0. The average molecular weight is 289 g/mol. The van der Waals surface area contributed by atoms with E-state index in [1.54, 1.807) is 6.92 Å². The van der Waals surface area contributed by atoms with Crippen LogP contribution in [0.1, 0.15) is 29.3 Å². The number of carbonyl (C=O) groups is 1. The van der Waals surface area contributed by atoms with Crippen LogP contribution in [-0.2, 0) is 6.42 Å². The molecule has 0 unspecified atom stereocenters.